The first kappa shape index (κ1) is 9.23. The fourth-order valence-corrected chi connectivity index (χ4v) is 7.91. The first-order chi connectivity index (χ1) is 5.00. The molecular formula is C8H20N2Si. The third-order valence-corrected chi connectivity index (χ3v) is 9.01. The maximum absolute atomic E-state index is 3.53. The summed E-state index contributed by atoms with van der Waals surface area (Å²) < 4.78 is 0. The molecule has 0 saturated carbocycles. The van der Waals surface area contributed by atoms with Gasteiger partial charge in [0, 0.05) is 0 Å². The van der Waals surface area contributed by atoms with Crippen molar-refractivity contribution in [2.24, 2.45) is 0 Å². The Bertz CT molecular complexity index is 152. The van der Waals surface area contributed by atoms with Crippen LogP contribution in [0.4, 0.5) is 0 Å². The van der Waals surface area contributed by atoms with E-state index in [9.17, 15) is 0 Å². The SMILES string of the molecule is CN[Si]1(NC)C(C)CC1(C)C. The van der Waals surface area contributed by atoms with Crippen LogP contribution in [0.2, 0.25) is 10.6 Å². The topological polar surface area (TPSA) is 24.1 Å². The second-order valence-electron chi connectivity index (χ2n) is 4.30. The Labute approximate surface area is 70.9 Å². The molecule has 2 N–H and O–H groups in total. The molecule has 11 heavy (non-hydrogen) atoms. The van der Waals surface area contributed by atoms with E-state index in [2.05, 4.69) is 44.8 Å². The van der Waals surface area contributed by atoms with Crippen LogP contribution in [-0.2, 0) is 0 Å². The lowest BCUT2D eigenvalue weighted by Crippen LogP contribution is -2.75. The van der Waals surface area contributed by atoms with Gasteiger partial charge in [-0.25, -0.2) is 0 Å². The molecule has 1 fully saturated rings. The van der Waals surface area contributed by atoms with Gasteiger partial charge < -0.3 is 9.96 Å². The number of hydrogen-bond donors (Lipinski definition) is 2. The van der Waals surface area contributed by atoms with Crippen LogP contribution in [-0.4, -0.2) is 22.5 Å². The van der Waals surface area contributed by atoms with Gasteiger partial charge in [0.15, 0.2) is 0 Å². The first-order valence-electron chi connectivity index (χ1n) is 4.38. The van der Waals surface area contributed by atoms with Crippen molar-refractivity contribution in [1.29, 1.82) is 0 Å². The highest BCUT2D eigenvalue weighted by atomic mass is 28.4. The molecule has 0 bridgehead atoms. The van der Waals surface area contributed by atoms with Gasteiger partial charge in [0.05, 0.1) is 0 Å². The molecule has 0 aromatic rings. The Hall–Kier alpha value is 0.137. The molecule has 3 heteroatoms. The van der Waals surface area contributed by atoms with E-state index in [1.807, 2.05) is 0 Å². The monoisotopic (exact) mass is 172 g/mol. The Morgan fingerprint density at radius 3 is 1.82 bits per heavy atom. The maximum Gasteiger partial charge on any atom is 0.209 e. The summed E-state index contributed by atoms with van der Waals surface area (Å²) in [5, 5.41) is 0.524. The quantitative estimate of drug-likeness (QED) is 0.616. The first-order valence-corrected chi connectivity index (χ1v) is 6.46. The largest absolute Gasteiger partial charge is 0.328 e. The lowest BCUT2D eigenvalue weighted by atomic mass is 10.1. The van der Waals surface area contributed by atoms with Crippen molar-refractivity contribution in [3.63, 3.8) is 0 Å². The molecule has 0 spiro atoms. The molecule has 2 nitrogen and oxygen atoms in total. The fourth-order valence-electron chi connectivity index (χ4n) is 2.91. The molecule has 1 rings (SSSR count). The van der Waals surface area contributed by atoms with Crippen molar-refractivity contribution in [3.05, 3.63) is 0 Å². The second kappa shape index (κ2) is 2.57. The van der Waals surface area contributed by atoms with Crippen LogP contribution in [0.5, 0.6) is 0 Å². The summed E-state index contributed by atoms with van der Waals surface area (Å²) in [4.78, 5) is 7.06. The molecule has 1 saturated heterocycles. The van der Waals surface area contributed by atoms with Crippen LogP contribution < -0.4 is 9.96 Å². The standard InChI is InChI=1S/C8H20N2Si/c1-7-6-8(2,3)11(7,9-4)10-5/h7,9-10H,6H2,1-5H3. The molecule has 1 heterocycles. The van der Waals surface area contributed by atoms with Gasteiger partial charge in [-0.2, -0.15) is 0 Å². The highest BCUT2D eigenvalue weighted by molar-refractivity contribution is 6.82. The van der Waals surface area contributed by atoms with Crippen LogP contribution in [0.15, 0.2) is 0 Å². The van der Waals surface area contributed by atoms with E-state index >= 15 is 0 Å². The van der Waals surface area contributed by atoms with E-state index in [0.717, 1.165) is 5.54 Å². The predicted octanol–water partition coefficient (Wildman–Crippen LogP) is 1.44. The van der Waals surface area contributed by atoms with Gasteiger partial charge in [-0.15, -0.1) is 0 Å². The van der Waals surface area contributed by atoms with Gasteiger partial charge in [0.25, 0.3) is 0 Å². The summed E-state index contributed by atoms with van der Waals surface area (Å²) >= 11 is 0. The highest BCUT2D eigenvalue weighted by Gasteiger charge is 2.59. The van der Waals surface area contributed by atoms with E-state index in [1.165, 1.54) is 6.42 Å². The zero-order valence-corrected chi connectivity index (χ0v) is 9.28. The lowest BCUT2D eigenvalue weighted by Gasteiger charge is -2.58. The molecule has 1 unspecified atom stereocenters. The average Bonchev–Trinajstić information content (AvgIpc) is 1.88. The number of hydrogen-bond acceptors (Lipinski definition) is 2. The van der Waals surface area contributed by atoms with E-state index in [-0.39, 0.29) is 0 Å². The van der Waals surface area contributed by atoms with Gasteiger partial charge >= 0.3 is 0 Å². The highest BCUT2D eigenvalue weighted by Crippen LogP contribution is 2.57. The third kappa shape index (κ3) is 0.982. The summed E-state index contributed by atoms with van der Waals surface area (Å²) in [5.41, 5.74) is 0.868. The summed E-state index contributed by atoms with van der Waals surface area (Å²) in [5.74, 6) is 0. The average molecular weight is 172 g/mol. The molecule has 0 aromatic heterocycles. The van der Waals surface area contributed by atoms with Gasteiger partial charge in [-0.3, -0.25) is 0 Å². The summed E-state index contributed by atoms with van der Waals surface area (Å²) in [6.07, 6.45) is 1.36. The molecule has 1 aliphatic rings. The van der Waals surface area contributed by atoms with Crippen molar-refractivity contribution >= 4 is 8.40 Å². The van der Waals surface area contributed by atoms with Gasteiger partial charge in [0.2, 0.25) is 8.40 Å². The van der Waals surface area contributed by atoms with Crippen molar-refractivity contribution < 1.29 is 0 Å². The third-order valence-electron chi connectivity index (χ3n) is 3.41. The zero-order valence-electron chi connectivity index (χ0n) is 8.28. The van der Waals surface area contributed by atoms with E-state index < -0.39 is 8.40 Å². The predicted molar refractivity (Wildman–Crippen MR) is 52.0 cm³/mol. The Morgan fingerprint density at radius 1 is 1.27 bits per heavy atom. The van der Waals surface area contributed by atoms with Crippen LogP contribution >= 0.6 is 0 Å². The van der Waals surface area contributed by atoms with Crippen molar-refractivity contribution in [2.45, 2.75) is 37.8 Å². The number of rotatable bonds is 2. The molecule has 1 atom stereocenters. The van der Waals surface area contributed by atoms with Crippen LogP contribution in [0, 0.1) is 0 Å². The summed E-state index contributed by atoms with van der Waals surface area (Å²) in [7, 11) is 2.87. The zero-order chi connectivity index (χ0) is 8.70. The molecule has 0 aliphatic carbocycles. The Kier molecular flexibility index (Phi) is 2.16. The lowest BCUT2D eigenvalue weighted by molar-refractivity contribution is 0.436. The van der Waals surface area contributed by atoms with E-state index in [4.69, 9.17) is 0 Å². The van der Waals surface area contributed by atoms with Crippen LogP contribution in [0.3, 0.4) is 0 Å². The Balaban J connectivity index is 2.79. The molecule has 0 amide bonds. The van der Waals surface area contributed by atoms with Crippen molar-refractivity contribution in [1.82, 2.24) is 9.96 Å². The van der Waals surface area contributed by atoms with Crippen LogP contribution in [0.25, 0.3) is 0 Å². The molecule has 0 aromatic carbocycles. The van der Waals surface area contributed by atoms with Gasteiger partial charge in [-0.05, 0) is 31.1 Å². The second-order valence-corrected chi connectivity index (χ2v) is 9.25. The summed E-state index contributed by atoms with van der Waals surface area (Å²) in [6, 6.07) is 0. The minimum absolute atomic E-state index is 0.524. The minimum Gasteiger partial charge on any atom is -0.328 e. The molecule has 0 radical (unpaired) electrons. The molecule has 1 aliphatic heterocycles. The van der Waals surface area contributed by atoms with Gasteiger partial charge in [0.1, 0.15) is 0 Å². The van der Waals surface area contributed by atoms with Gasteiger partial charge in [-0.1, -0.05) is 20.8 Å². The minimum atomic E-state index is -1.32. The van der Waals surface area contributed by atoms with E-state index in [1.54, 1.807) is 0 Å². The van der Waals surface area contributed by atoms with Crippen molar-refractivity contribution in [2.75, 3.05) is 14.1 Å². The molecule has 66 valence electrons. The Morgan fingerprint density at radius 2 is 1.73 bits per heavy atom. The summed E-state index contributed by atoms with van der Waals surface area (Å²) in [6.45, 7) is 7.09. The van der Waals surface area contributed by atoms with Crippen molar-refractivity contribution in [3.8, 4) is 0 Å². The normalized spacial score (nSPS) is 33.0. The fraction of sp³-hybridized carbons (Fsp3) is 1.00. The van der Waals surface area contributed by atoms with E-state index in [0.29, 0.717) is 5.04 Å². The number of nitrogens with one attached hydrogen (secondary N) is 2. The van der Waals surface area contributed by atoms with Crippen LogP contribution in [0.1, 0.15) is 27.2 Å². The maximum atomic E-state index is 3.53. The molecular weight excluding hydrogens is 152 g/mol. The smallest absolute Gasteiger partial charge is 0.209 e.